The standard InChI is InChI=1S/C23H23N3O3/c1-4-29-23(28)17-8-10-18(11-9-17)25-19-12-13-24-21(14-19)22(27)26-20-7-5-6-15(2)16(20)3/h5-14H,4H2,1-3H3,(H,24,25)(H,26,27). The van der Waals surface area contributed by atoms with Gasteiger partial charge >= 0.3 is 5.97 Å². The van der Waals surface area contributed by atoms with Crippen molar-refractivity contribution in [3.63, 3.8) is 0 Å². The molecule has 0 spiro atoms. The second kappa shape index (κ2) is 9.01. The molecule has 2 N–H and O–H groups in total. The first-order chi connectivity index (χ1) is 14.0. The Morgan fingerprint density at radius 3 is 2.48 bits per heavy atom. The van der Waals surface area contributed by atoms with Crippen LogP contribution in [0, 0.1) is 13.8 Å². The van der Waals surface area contributed by atoms with Crippen LogP contribution in [0.25, 0.3) is 0 Å². The quantitative estimate of drug-likeness (QED) is 0.588. The highest BCUT2D eigenvalue weighted by atomic mass is 16.5. The third kappa shape index (κ3) is 4.99. The topological polar surface area (TPSA) is 80.3 Å². The monoisotopic (exact) mass is 389 g/mol. The number of aromatic nitrogens is 1. The number of rotatable bonds is 6. The Kier molecular flexibility index (Phi) is 6.24. The van der Waals surface area contributed by atoms with Crippen LogP contribution in [0.1, 0.15) is 38.9 Å². The summed E-state index contributed by atoms with van der Waals surface area (Å²) in [7, 11) is 0. The summed E-state index contributed by atoms with van der Waals surface area (Å²) in [6, 6.07) is 16.2. The lowest BCUT2D eigenvalue weighted by molar-refractivity contribution is 0.0526. The van der Waals surface area contributed by atoms with Gasteiger partial charge in [-0.3, -0.25) is 9.78 Å². The average Bonchev–Trinajstić information content (AvgIpc) is 2.72. The van der Waals surface area contributed by atoms with Gasteiger partial charge < -0.3 is 15.4 Å². The molecule has 0 aliphatic heterocycles. The smallest absolute Gasteiger partial charge is 0.338 e. The molecule has 29 heavy (non-hydrogen) atoms. The minimum absolute atomic E-state index is 0.278. The molecule has 3 rings (SSSR count). The molecule has 3 aromatic rings. The first-order valence-electron chi connectivity index (χ1n) is 9.35. The molecule has 0 bridgehead atoms. The van der Waals surface area contributed by atoms with Crippen molar-refractivity contribution in [2.75, 3.05) is 17.2 Å². The Labute approximate surface area is 169 Å². The van der Waals surface area contributed by atoms with Crippen molar-refractivity contribution in [1.82, 2.24) is 4.98 Å². The van der Waals surface area contributed by atoms with E-state index in [-0.39, 0.29) is 11.9 Å². The van der Waals surface area contributed by atoms with E-state index >= 15 is 0 Å². The molecular weight excluding hydrogens is 366 g/mol. The van der Waals surface area contributed by atoms with E-state index in [0.29, 0.717) is 17.9 Å². The van der Waals surface area contributed by atoms with Crippen LogP contribution in [0.15, 0.2) is 60.8 Å². The lowest BCUT2D eigenvalue weighted by Gasteiger charge is -2.11. The molecule has 1 aromatic heterocycles. The second-order valence-corrected chi connectivity index (χ2v) is 6.55. The molecule has 1 heterocycles. The van der Waals surface area contributed by atoms with Crippen LogP contribution in [-0.2, 0) is 4.74 Å². The third-order valence-electron chi connectivity index (χ3n) is 4.53. The second-order valence-electron chi connectivity index (χ2n) is 6.55. The van der Waals surface area contributed by atoms with Crippen LogP contribution in [0.5, 0.6) is 0 Å². The summed E-state index contributed by atoms with van der Waals surface area (Å²) >= 11 is 0. The summed E-state index contributed by atoms with van der Waals surface area (Å²) in [5.74, 6) is -0.631. The van der Waals surface area contributed by atoms with Gasteiger partial charge in [0.15, 0.2) is 0 Å². The molecule has 0 unspecified atom stereocenters. The molecule has 0 aliphatic rings. The molecule has 6 heteroatoms. The number of carbonyl (C=O) groups is 2. The Morgan fingerprint density at radius 1 is 1.00 bits per heavy atom. The van der Waals surface area contributed by atoms with Gasteiger partial charge in [-0.05, 0) is 74.4 Å². The summed E-state index contributed by atoms with van der Waals surface area (Å²) in [5.41, 5.74) is 5.19. The Balaban J connectivity index is 1.71. The summed E-state index contributed by atoms with van der Waals surface area (Å²) < 4.78 is 4.98. The zero-order chi connectivity index (χ0) is 20.8. The fraction of sp³-hybridized carbons (Fsp3) is 0.174. The van der Waals surface area contributed by atoms with Gasteiger partial charge in [-0.25, -0.2) is 4.79 Å². The minimum atomic E-state index is -0.353. The maximum atomic E-state index is 12.6. The number of esters is 1. The lowest BCUT2D eigenvalue weighted by atomic mass is 10.1. The number of aryl methyl sites for hydroxylation is 1. The van der Waals surface area contributed by atoms with Crippen LogP contribution in [0.3, 0.4) is 0 Å². The van der Waals surface area contributed by atoms with E-state index < -0.39 is 0 Å². The van der Waals surface area contributed by atoms with E-state index in [1.165, 1.54) is 0 Å². The number of benzene rings is 2. The summed E-state index contributed by atoms with van der Waals surface area (Å²) in [4.78, 5) is 28.5. The van der Waals surface area contributed by atoms with Crippen molar-refractivity contribution in [1.29, 1.82) is 0 Å². The molecule has 0 radical (unpaired) electrons. The van der Waals surface area contributed by atoms with E-state index in [1.807, 2.05) is 32.0 Å². The molecule has 0 atom stereocenters. The zero-order valence-corrected chi connectivity index (χ0v) is 16.7. The lowest BCUT2D eigenvalue weighted by Crippen LogP contribution is -2.14. The minimum Gasteiger partial charge on any atom is -0.462 e. The van der Waals surface area contributed by atoms with Gasteiger partial charge in [0, 0.05) is 23.3 Å². The Morgan fingerprint density at radius 2 is 1.76 bits per heavy atom. The van der Waals surface area contributed by atoms with Gasteiger partial charge in [-0.15, -0.1) is 0 Å². The highest BCUT2D eigenvalue weighted by Crippen LogP contribution is 2.21. The maximum Gasteiger partial charge on any atom is 0.338 e. The fourth-order valence-corrected chi connectivity index (χ4v) is 2.78. The molecule has 0 aliphatic carbocycles. The van der Waals surface area contributed by atoms with Gasteiger partial charge in [0.2, 0.25) is 0 Å². The molecule has 1 amide bonds. The number of pyridine rings is 1. The number of nitrogens with one attached hydrogen (secondary N) is 2. The number of hydrogen-bond donors (Lipinski definition) is 2. The van der Waals surface area contributed by atoms with Crippen molar-refractivity contribution in [2.45, 2.75) is 20.8 Å². The fourth-order valence-electron chi connectivity index (χ4n) is 2.78. The summed E-state index contributed by atoms with van der Waals surface area (Å²) in [5, 5.41) is 6.12. The number of anilines is 3. The first kappa shape index (κ1) is 20.1. The molecule has 2 aromatic carbocycles. The maximum absolute atomic E-state index is 12.6. The van der Waals surface area contributed by atoms with Crippen LogP contribution in [0.4, 0.5) is 17.1 Å². The largest absolute Gasteiger partial charge is 0.462 e. The van der Waals surface area contributed by atoms with Gasteiger partial charge in [-0.1, -0.05) is 12.1 Å². The van der Waals surface area contributed by atoms with Gasteiger partial charge in [0.1, 0.15) is 5.69 Å². The molecular formula is C23H23N3O3. The van der Waals surface area contributed by atoms with Crippen LogP contribution in [0.2, 0.25) is 0 Å². The first-order valence-corrected chi connectivity index (χ1v) is 9.35. The van der Waals surface area contributed by atoms with Gasteiger partial charge in [0.25, 0.3) is 5.91 Å². The number of ether oxygens (including phenoxy) is 1. The number of carbonyl (C=O) groups excluding carboxylic acids is 2. The number of nitrogens with zero attached hydrogens (tertiary/aromatic N) is 1. The van der Waals surface area contributed by atoms with Crippen molar-refractivity contribution in [3.05, 3.63) is 83.2 Å². The molecule has 148 valence electrons. The number of hydrogen-bond acceptors (Lipinski definition) is 5. The zero-order valence-electron chi connectivity index (χ0n) is 16.7. The predicted molar refractivity (Wildman–Crippen MR) is 114 cm³/mol. The Hall–Kier alpha value is -3.67. The normalized spacial score (nSPS) is 10.3. The SMILES string of the molecule is CCOC(=O)c1ccc(Nc2ccnc(C(=O)Nc3cccc(C)c3C)c2)cc1. The highest BCUT2D eigenvalue weighted by Gasteiger charge is 2.11. The molecule has 6 nitrogen and oxygen atoms in total. The van der Waals surface area contributed by atoms with Crippen LogP contribution >= 0.6 is 0 Å². The summed E-state index contributed by atoms with van der Waals surface area (Å²) in [6.45, 7) is 6.07. The van der Waals surface area contributed by atoms with Gasteiger partial charge in [-0.2, -0.15) is 0 Å². The molecule has 0 saturated heterocycles. The van der Waals surface area contributed by atoms with E-state index in [2.05, 4.69) is 15.6 Å². The van der Waals surface area contributed by atoms with E-state index in [1.54, 1.807) is 49.5 Å². The third-order valence-corrected chi connectivity index (χ3v) is 4.53. The van der Waals surface area contributed by atoms with Gasteiger partial charge in [0.05, 0.1) is 12.2 Å². The van der Waals surface area contributed by atoms with E-state index in [0.717, 1.165) is 28.2 Å². The Bertz CT molecular complexity index is 1030. The van der Waals surface area contributed by atoms with Crippen LogP contribution in [-0.4, -0.2) is 23.5 Å². The van der Waals surface area contributed by atoms with Crippen molar-refractivity contribution in [3.8, 4) is 0 Å². The van der Waals surface area contributed by atoms with E-state index in [9.17, 15) is 9.59 Å². The predicted octanol–water partition coefficient (Wildman–Crippen LogP) is 4.87. The molecule has 0 fully saturated rings. The number of amides is 1. The summed E-state index contributed by atoms with van der Waals surface area (Å²) in [6.07, 6.45) is 1.58. The average molecular weight is 389 g/mol. The van der Waals surface area contributed by atoms with Crippen molar-refractivity contribution >= 4 is 28.9 Å². The molecule has 0 saturated carbocycles. The van der Waals surface area contributed by atoms with E-state index in [4.69, 9.17) is 4.74 Å². The van der Waals surface area contributed by atoms with Crippen molar-refractivity contribution < 1.29 is 14.3 Å². The van der Waals surface area contributed by atoms with Crippen molar-refractivity contribution in [2.24, 2.45) is 0 Å². The highest BCUT2D eigenvalue weighted by molar-refractivity contribution is 6.03. The van der Waals surface area contributed by atoms with Crippen LogP contribution < -0.4 is 10.6 Å².